The number of hydrogen-bond donors (Lipinski definition) is 2. The van der Waals surface area contributed by atoms with Crippen LogP contribution in [-0.4, -0.2) is 11.7 Å². The summed E-state index contributed by atoms with van der Waals surface area (Å²) in [5.74, 6) is -0.134. The summed E-state index contributed by atoms with van der Waals surface area (Å²) in [6.07, 6.45) is -0.636. The molecule has 0 aliphatic rings. The van der Waals surface area contributed by atoms with Crippen LogP contribution in [0.4, 0.5) is 0 Å². The second kappa shape index (κ2) is 6.85. The second-order valence-electron chi connectivity index (χ2n) is 4.87. The van der Waals surface area contributed by atoms with Crippen molar-refractivity contribution in [2.45, 2.75) is 18.9 Å². The van der Waals surface area contributed by atoms with Crippen molar-refractivity contribution in [2.24, 2.45) is 5.73 Å². The average Bonchev–Trinajstić information content (AvgIpc) is 2.42. The minimum absolute atomic E-state index is 0.134. The molecule has 0 heterocycles. The van der Waals surface area contributed by atoms with Crippen LogP contribution in [0, 0.1) is 6.92 Å². The van der Waals surface area contributed by atoms with E-state index in [9.17, 15) is 5.11 Å². The number of aryl methyl sites for hydroxylation is 1. The molecule has 0 aliphatic carbocycles. The van der Waals surface area contributed by atoms with Gasteiger partial charge in [0.25, 0.3) is 0 Å². The first-order chi connectivity index (χ1) is 9.52. The Morgan fingerprint density at radius 1 is 1.15 bits per heavy atom. The van der Waals surface area contributed by atoms with Crippen molar-refractivity contribution < 1.29 is 5.11 Å². The third-order valence-corrected chi connectivity index (χ3v) is 4.60. The highest BCUT2D eigenvalue weighted by molar-refractivity contribution is 9.10. The van der Waals surface area contributed by atoms with Crippen molar-refractivity contribution in [2.75, 3.05) is 6.54 Å². The smallest absolute Gasteiger partial charge is 0.0881 e. The quantitative estimate of drug-likeness (QED) is 0.806. The Kier molecular flexibility index (Phi) is 5.38. The molecule has 2 nitrogen and oxygen atoms in total. The first-order valence-electron chi connectivity index (χ1n) is 6.42. The fourth-order valence-electron chi connectivity index (χ4n) is 2.29. The summed E-state index contributed by atoms with van der Waals surface area (Å²) in [7, 11) is 0. The van der Waals surface area contributed by atoms with Crippen LogP contribution in [0.2, 0.25) is 0 Å². The summed E-state index contributed by atoms with van der Waals surface area (Å²) in [5.41, 5.74) is 8.91. The first-order valence-corrected chi connectivity index (χ1v) is 8.01. The molecule has 2 unspecified atom stereocenters. The molecular formula is C16H17Br2NO. The summed E-state index contributed by atoms with van der Waals surface area (Å²) in [4.78, 5) is 0. The molecule has 2 rings (SSSR count). The van der Waals surface area contributed by atoms with Crippen molar-refractivity contribution in [1.82, 2.24) is 0 Å². The van der Waals surface area contributed by atoms with Crippen molar-refractivity contribution in [3.8, 4) is 0 Å². The Morgan fingerprint density at radius 3 is 2.55 bits per heavy atom. The monoisotopic (exact) mass is 397 g/mol. The molecule has 0 saturated heterocycles. The topological polar surface area (TPSA) is 46.2 Å². The molecule has 3 N–H and O–H groups in total. The summed E-state index contributed by atoms with van der Waals surface area (Å²) in [6, 6.07) is 13.9. The predicted octanol–water partition coefficient (Wildman–Crippen LogP) is 4.30. The van der Waals surface area contributed by atoms with E-state index in [-0.39, 0.29) is 5.92 Å². The molecule has 0 bridgehead atoms. The summed E-state index contributed by atoms with van der Waals surface area (Å²) >= 11 is 6.96. The lowest BCUT2D eigenvalue weighted by atomic mass is 9.89. The lowest BCUT2D eigenvalue weighted by Gasteiger charge is -2.23. The van der Waals surface area contributed by atoms with Gasteiger partial charge < -0.3 is 10.8 Å². The van der Waals surface area contributed by atoms with E-state index in [0.717, 1.165) is 25.6 Å². The fourth-order valence-corrected chi connectivity index (χ4v) is 3.19. The molecule has 2 aromatic carbocycles. The van der Waals surface area contributed by atoms with E-state index in [4.69, 9.17) is 5.73 Å². The molecule has 2 aromatic rings. The van der Waals surface area contributed by atoms with Crippen LogP contribution in [0.1, 0.15) is 28.7 Å². The number of rotatable bonds is 4. The second-order valence-corrected chi connectivity index (χ2v) is 6.64. The first kappa shape index (κ1) is 15.7. The van der Waals surface area contributed by atoms with Gasteiger partial charge in [-0.3, -0.25) is 0 Å². The zero-order chi connectivity index (χ0) is 14.7. The van der Waals surface area contributed by atoms with Gasteiger partial charge in [-0.2, -0.15) is 0 Å². The maximum atomic E-state index is 10.7. The Morgan fingerprint density at radius 2 is 1.90 bits per heavy atom. The van der Waals surface area contributed by atoms with Gasteiger partial charge in [-0.15, -0.1) is 0 Å². The third kappa shape index (κ3) is 3.50. The number of benzene rings is 2. The highest BCUT2D eigenvalue weighted by Crippen LogP contribution is 2.35. The lowest BCUT2D eigenvalue weighted by Crippen LogP contribution is -2.20. The molecule has 0 spiro atoms. The molecule has 20 heavy (non-hydrogen) atoms. The minimum atomic E-state index is -0.636. The Hall–Kier alpha value is -0.680. The lowest BCUT2D eigenvalue weighted by molar-refractivity contribution is 0.146. The Balaban J connectivity index is 2.38. The van der Waals surface area contributed by atoms with E-state index in [1.54, 1.807) is 0 Å². The van der Waals surface area contributed by atoms with E-state index < -0.39 is 6.10 Å². The largest absolute Gasteiger partial charge is 0.388 e. The molecule has 0 aromatic heterocycles. The Labute approximate surface area is 136 Å². The maximum absolute atomic E-state index is 10.7. The van der Waals surface area contributed by atoms with Crippen LogP contribution in [0.25, 0.3) is 0 Å². The highest BCUT2D eigenvalue weighted by atomic mass is 79.9. The molecule has 4 heteroatoms. The number of aliphatic hydroxyl groups is 1. The van der Waals surface area contributed by atoms with Crippen LogP contribution in [0.15, 0.2) is 51.4 Å². The van der Waals surface area contributed by atoms with E-state index in [2.05, 4.69) is 31.9 Å². The molecule has 106 valence electrons. The molecule has 2 atom stereocenters. The normalized spacial score (nSPS) is 14.1. The van der Waals surface area contributed by atoms with Gasteiger partial charge in [0, 0.05) is 21.4 Å². The molecule has 0 saturated carbocycles. The average molecular weight is 399 g/mol. The number of aliphatic hydroxyl groups excluding tert-OH is 1. The van der Waals surface area contributed by atoms with Gasteiger partial charge in [0.15, 0.2) is 0 Å². The van der Waals surface area contributed by atoms with E-state index in [0.29, 0.717) is 6.54 Å². The van der Waals surface area contributed by atoms with Crippen LogP contribution in [0.5, 0.6) is 0 Å². The van der Waals surface area contributed by atoms with Crippen LogP contribution >= 0.6 is 31.9 Å². The molecular weight excluding hydrogens is 382 g/mol. The van der Waals surface area contributed by atoms with Gasteiger partial charge in [-0.25, -0.2) is 0 Å². The predicted molar refractivity (Wildman–Crippen MR) is 89.8 cm³/mol. The van der Waals surface area contributed by atoms with Crippen molar-refractivity contribution in [1.29, 1.82) is 0 Å². The van der Waals surface area contributed by atoms with Crippen LogP contribution < -0.4 is 5.73 Å². The van der Waals surface area contributed by atoms with Gasteiger partial charge in [0.1, 0.15) is 0 Å². The highest BCUT2D eigenvalue weighted by Gasteiger charge is 2.23. The van der Waals surface area contributed by atoms with Gasteiger partial charge >= 0.3 is 0 Å². The van der Waals surface area contributed by atoms with Gasteiger partial charge in [0.05, 0.1) is 6.10 Å². The van der Waals surface area contributed by atoms with Crippen molar-refractivity contribution in [3.63, 3.8) is 0 Å². The van der Waals surface area contributed by atoms with E-state index in [1.165, 1.54) is 0 Å². The van der Waals surface area contributed by atoms with Crippen LogP contribution in [-0.2, 0) is 0 Å². The zero-order valence-electron chi connectivity index (χ0n) is 11.2. The zero-order valence-corrected chi connectivity index (χ0v) is 14.4. The number of hydrogen-bond acceptors (Lipinski definition) is 2. The summed E-state index contributed by atoms with van der Waals surface area (Å²) in [6.45, 7) is 2.40. The standard InChI is InChI=1S/C16H17Br2NO/c1-10-5-6-15(18)13(7-10)16(20)14(9-19)11-3-2-4-12(17)8-11/h2-8,14,16,20H,9,19H2,1H3. The SMILES string of the molecule is Cc1ccc(Br)c(C(O)C(CN)c2cccc(Br)c2)c1. The number of nitrogens with two attached hydrogens (primary N) is 1. The summed E-state index contributed by atoms with van der Waals surface area (Å²) < 4.78 is 1.90. The van der Waals surface area contributed by atoms with E-state index >= 15 is 0 Å². The van der Waals surface area contributed by atoms with Gasteiger partial charge in [-0.1, -0.05) is 61.7 Å². The van der Waals surface area contributed by atoms with Crippen molar-refractivity contribution in [3.05, 3.63) is 68.1 Å². The molecule has 0 amide bonds. The van der Waals surface area contributed by atoms with Crippen molar-refractivity contribution >= 4 is 31.9 Å². The van der Waals surface area contributed by atoms with Gasteiger partial charge in [-0.05, 0) is 36.2 Å². The molecule has 0 fully saturated rings. The fraction of sp³-hybridized carbons (Fsp3) is 0.250. The van der Waals surface area contributed by atoms with E-state index in [1.807, 2.05) is 49.4 Å². The molecule has 0 aliphatic heterocycles. The Bertz CT molecular complexity index is 601. The molecule has 0 radical (unpaired) electrons. The number of halogens is 2. The third-order valence-electron chi connectivity index (χ3n) is 3.38. The maximum Gasteiger partial charge on any atom is 0.0881 e. The minimum Gasteiger partial charge on any atom is -0.388 e. The summed E-state index contributed by atoms with van der Waals surface area (Å²) in [5, 5.41) is 10.7. The van der Waals surface area contributed by atoms with Gasteiger partial charge in [0.2, 0.25) is 0 Å². The van der Waals surface area contributed by atoms with Crippen LogP contribution in [0.3, 0.4) is 0 Å².